The summed E-state index contributed by atoms with van der Waals surface area (Å²) >= 11 is 5.76. The summed E-state index contributed by atoms with van der Waals surface area (Å²) in [5, 5.41) is 0.583. The lowest BCUT2D eigenvalue weighted by Gasteiger charge is -2.35. The van der Waals surface area contributed by atoms with Crippen molar-refractivity contribution in [3.8, 4) is 5.75 Å². The Kier molecular flexibility index (Phi) is 6.24. The molecule has 2 rings (SSSR count). The van der Waals surface area contributed by atoms with E-state index in [1.807, 2.05) is 13.8 Å². The van der Waals surface area contributed by atoms with Gasteiger partial charge >= 0.3 is 5.97 Å². The lowest BCUT2D eigenvalue weighted by Crippen LogP contribution is -2.49. The number of nitrogens with zero attached hydrogens (tertiary/aromatic N) is 1. The number of hydrogen-bond acceptors (Lipinski definition) is 5. The Hall–Kier alpha value is -1.79. The minimum absolute atomic E-state index is 0.0216. The lowest BCUT2D eigenvalue weighted by molar-refractivity contribution is -0.158. The average molecular weight is 342 g/mol. The third kappa shape index (κ3) is 5.73. The highest BCUT2D eigenvalue weighted by molar-refractivity contribution is 6.30. The Morgan fingerprint density at radius 3 is 2.39 bits per heavy atom. The van der Waals surface area contributed by atoms with Crippen molar-refractivity contribution in [2.24, 2.45) is 0 Å². The van der Waals surface area contributed by atoms with E-state index in [-0.39, 0.29) is 31.3 Å². The first kappa shape index (κ1) is 17.6. The Morgan fingerprint density at radius 2 is 1.78 bits per heavy atom. The molecule has 6 nitrogen and oxygen atoms in total. The van der Waals surface area contributed by atoms with Crippen LogP contribution in [0.25, 0.3) is 0 Å². The van der Waals surface area contributed by atoms with Crippen molar-refractivity contribution in [2.75, 3.05) is 26.3 Å². The molecule has 0 aromatic heterocycles. The summed E-state index contributed by atoms with van der Waals surface area (Å²) in [7, 11) is 0. The number of amides is 1. The van der Waals surface area contributed by atoms with Crippen LogP contribution in [-0.4, -0.2) is 55.3 Å². The van der Waals surface area contributed by atoms with Crippen LogP contribution >= 0.6 is 11.6 Å². The number of carbonyl (C=O) groups excluding carboxylic acids is 2. The van der Waals surface area contributed by atoms with E-state index >= 15 is 0 Å². The molecule has 2 atom stereocenters. The van der Waals surface area contributed by atoms with Gasteiger partial charge in [0, 0.05) is 18.1 Å². The number of hydrogen-bond donors (Lipinski definition) is 0. The maximum atomic E-state index is 12.0. The van der Waals surface area contributed by atoms with Crippen LogP contribution in [0.5, 0.6) is 5.75 Å². The van der Waals surface area contributed by atoms with E-state index in [0.29, 0.717) is 23.9 Å². The minimum atomic E-state index is -0.595. The van der Waals surface area contributed by atoms with Gasteiger partial charge in [-0.25, -0.2) is 4.79 Å². The smallest absolute Gasteiger partial charge is 0.344 e. The molecule has 0 aliphatic carbocycles. The van der Waals surface area contributed by atoms with Crippen LogP contribution in [-0.2, 0) is 19.1 Å². The summed E-state index contributed by atoms with van der Waals surface area (Å²) in [4.78, 5) is 25.3. The molecule has 1 fully saturated rings. The maximum Gasteiger partial charge on any atom is 0.344 e. The summed E-state index contributed by atoms with van der Waals surface area (Å²) in [6.45, 7) is 4.26. The number of rotatable bonds is 5. The molecule has 0 saturated carbocycles. The molecule has 1 aromatic rings. The number of ether oxygens (including phenoxy) is 3. The highest BCUT2D eigenvalue weighted by Gasteiger charge is 2.26. The SMILES string of the molecule is C[C@@H]1CN(C(=O)COC(=O)COc2ccc(Cl)cc2)C[C@@H](C)O1. The molecule has 0 spiro atoms. The molecule has 1 aliphatic rings. The van der Waals surface area contributed by atoms with Crippen molar-refractivity contribution in [2.45, 2.75) is 26.1 Å². The third-order valence-corrected chi connectivity index (χ3v) is 3.55. The van der Waals surface area contributed by atoms with Crippen LogP contribution in [0.15, 0.2) is 24.3 Å². The molecule has 1 heterocycles. The zero-order valence-corrected chi connectivity index (χ0v) is 13.9. The fraction of sp³-hybridized carbons (Fsp3) is 0.500. The molecular formula is C16H20ClNO5. The first-order valence-electron chi connectivity index (χ1n) is 7.41. The van der Waals surface area contributed by atoms with E-state index in [1.165, 1.54) is 0 Å². The van der Waals surface area contributed by atoms with Gasteiger partial charge in [0.2, 0.25) is 0 Å². The van der Waals surface area contributed by atoms with Gasteiger partial charge in [-0.1, -0.05) is 11.6 Å². The number of esters is 1. The van der Waals surface area contributed by atoms with Crippen LogP contribution in [0.3, 0.4) is 0 Å². The number of carbonyl (C=O) groups is 2. The lowest BCUT2D eigenvalue weighted by atomic mass is 10.2. The molecule has 1 amide bonds. The largest absolute Gasteiger partial charge is 0.482 e. The van der Waals surface area contributed by atoms with Gasteiger partial charge < -0.3 is 19.1 Å². The van der Waals surface area contributed by atoms with Gasteiger partial charge in [-0.2, -0.15) is 0 Å². The maximum absolute atomic E-state index is 12.0. The van der Waals surface area contributed by atoms with Crippen LogP contribution < -0.4 is 4.74 Å². The summed E-state index contributed by atoms with van der Waals surface area (Å²) in [6, 6.07) is 6.62. The number of morpholine rings is 1. The van der Waals surface area contributed by atoms with Crippen LogP contribution in [0.1, 0.15) is 13.8 Å². The van der Waals surface area contributed by atoms with Gasteiger partial charge in [-0.15, -0.1) is 0 Å². The molecular weight excluding hydrogens is 322 g/mol. The van der Waals surface area contributed by atoms with Crippen molar-refractivity contribution >= 4 is 23.5 Å². The zero-order chi connectivity index (χ0) is 16.8. The van der Waals surface area contributed by atoms with Crippen molar-refractivity contribution in [1.82, 2.24) is 4.90 Å². The molecule has 1 aromatic carbocycles. The Bertz CT molecular complexity index is 538. The van der Waals surface area contributed by atoms with Crippen LogP contribution in [0.4, 0.5) is 0 Å². The van der Waals surface area contributed by atoms with Crippen LogP contribution in [0, 0.1) is 0 Å². The quantitative estimate of drug-likeness (QED) is 0.765. The Labute approximate surface area is 140 Å². The van der Waals surface area contributed by atoms with Gasteiger partial charge in [-0.05, 0) is 38.1 Å². The highest BCUT2D eigenvalue weighted by Crippen LogP contribution is 2.15. The fourth-order valence-corrected chi connectivity index (χ4v) is 2.46. The van der Waals surface area contributed by atoms with Crippen molar-refractivity contribution in [1.29, 1.82) is 0 Å². The monoisotopic (exact) mass is 341 g/mol. The second kappa shape index (κ2) is 8.17. The zero-order valence-electron chi connectivity index (χ0n) is 13.2. The van der Waals surface area contributed by atoms with Gasteiger partial charge in [0.05, 0.1) is 12.2 Å². The third-order valence-electron chi connectivity index (χ3n) is 3.30. The van der Waals surface area contributed by atoms with E-state index in [0.717, 1.165) is 0 Å². The van der Waals surface area contributed by atoms with Crippen molar-refractivity contribution in [3.05, 3.63) is 29.3 Å². The standard InChI is InChI=1S/C16H20ClNO5/c1-11-7-18(8-12(2)23-11)15(19)9-22-16(20)10-21-14-5-3-13(17)4-6-14/h3-6,11-12H,7-10H2,1-2H3/t11-,12-/m1/s1. The summed E-state index contributed by atoms with van der Waals surface area (Å²) in [5.41, 5.74) is 0. The Morgan fingerprint density at radius 1 is 1.17 bits per heavy atom. The normalized spacial score (nSPS) is 20.9. The van der Waals surface area contributed by atoms with Gasteiger partial charge in [0.15, 0.2) is 13.2 Å². The van der Waals surface area contributed by atoms with E-state index in [1.54, 1.807) is 29.2 Å². The predicted octanol–water partition coefficient (Wildman–Crippen LogP) is 1.90. The molecule has 0 radical (unpaired) electrons. The topological polar surface area (TPSA) is 65.1 Å². The average Bonchev–Trinajstić information content (AvgIpc) is 2.51. The highest BCUT2D eigenvalue weighted by atomic mass is 35.5. The van der Waals surface area contributed by atoms with Gasteiger partial charge in [0.1, 0.15) is 5.75 Å². The van der Waals surface area contributed by atoms with Crippen LogP contribution in [0.2, 0.25) is 5.02 Å². The second-order valence-corrected chi connectivity index (χ2v) is 5.90. The fourth-order valence-electron chi connectivity index (χ4n) is 2.33. The predicted molar refractivity (Wildman–Crippen MR) is 84.5 cm³/mol. The molecule has 0 bridgehead atoms. The first-order valence-corrected chi connectivity index (χ1v) is 7.79. The molecule has 126 valence electrons. The van der Waals surface area contributed by atoms with Crippen molar-refractivity contribution < 1.29 is 23.8 Å². The van der Waals surface area contributed by atoms with Crippen molar-refractivity contribution in [3.63, 3.8) is 0 Å². The van der Waals surface area contributed by atoms with Gasteiger partial charge in [0.25, 0.3) is 5.91 Å². The summed E-state index contributed by atoms with van der Waals surface area (Å²) in [5.74, 6) is -0.317. The molecule has 23 heavy (non-hydrogen) atoms. The molecule has 0 unspecified atom stereocenters. The summed E-state index contributed by atoms with van der Waals surface area (Å²) < 4.78 is 15.8. The number of benzene rings is 1. The molecule has 1 aliphatic heterocycles. The first-order chi connectivity index (χ1) is 10.9. The molecule has 0 N–H and O–H groups in total. The van der Waals surface area contributed by atoms with Gasteiger partial charge in [-0.3, -0.25) is 4.79 Å². The summed E-state index contributed by atoms with van der Waals surface area (Å²) in [6.07, 6.45) is -0.0433. The number of halogens is 1. The Balaban J connectivity index is 1.71. The van der Waals surface area contributed by atoms with E-state index < -0.39 is 5.97 Å². The van der Waals surface area contributed by atoms with E-state index in [2.05, 4.69) is 0 Å². The van der Waals surface area contributed by atoms with E-state index in [9.17, 15) is 9.59 Å². The molecule has 1 saturated heterocycles. The second-order valence-electron chi connectivity index (χ2n) is 5.46. The molecule has 7 heteroatoms. The minimum Gasteiger partial charge on any atom is -0.482 e. The van der Waals surface area contributed by atoms with E-state index in [4.69, 9.17) is 25.8 Å².